The van der Waals surface area contributed by atoms with Gasteiger partial charge in [-0.1, -0.05) is 310 Å². The van der Waals surface area contributed by atoms with Gasteiger partial charge in [0.15, 0.2) is 18.7 Å². The highest BCUT2D eigenvalue weighted by Gasteiger charge is 2.58. The van der Waals surface area contributed by atoms with Crippen LogP contribution in [-0.4, -0.2) is 204 Å². The van der Waals surface area contributed by atoms with Crippen LogP contribution in [0.25, 0.3) is 0 Å². The number of aliphatic hydroxyl groups is 10. The first-order valence-electron chi connectivity index (χ1n) is 41.7. The third-order valence-electron chi connectivity index (χ3n) is 21.0. The average molecular weight is 1510 g/mol. The predicted molar refractivity (Wildman–Crippen MR) is 398 cm³/mol. The van der Waals surface area contributed by atoms with Crippen LogP contribution >= 0.6 is 7.82 Å². The molecule has 0 aromatic heterocycles. The largest absolute Gasteiger partial charge is 0.472 e. The Morgan fingerprint density at radius 2 is 0.673 bits per heavy atom. The Kier molecular flexibility index (Phi) is 55.2. The number of unbranched alkanes of at least 4 members (excludes halogenated alkanes) is 41. The zero-order valence-corrected chi connectivity index (χ0v) is 65.6. The van der Waals surface area contributed by atoms with Crippen LogP contribution in [0.5, 0.6) is 0 Å². The molecule has 24 nitrogen and oxygen atoms in total. The van der Waals surface area contributed by atoms with E-state index in [1.165, 1.54) is 193 Å². The molecule has 11 N–H and O–H groups in total. The monoisotopic (exact) mass is 1510 g/mol. The Balaban J connectivity index is 1.70. The van der Waals surface area contributed by atoms with E-state index in [0.717, 1.165) is 89.9 Å². The Labute approximate surface area is 625 Å². The van der Waals surface area contributed by atoms with Gasteiger partial charge in [0.2, 0.25) is 0 Å². The average Bonchev–Trinajstić information content (AvgIpc) is 0.763. The van der Waals surface area contributed by atoms with Gasteiger partial charge in [-0.2, -0.15) is 0 Å². The fourth-order valence-electron chi connectivity index (χ4n) is 14.2. The van der Waals surface area contributed by atoms with Gasteiger partial charge in [0.1, 0.15) is 98.7 Å². The van der Waals surface area contributed by atoms with Gasteiger partial charge in [-0.15, -0.1) is 0 Å². The van der Waals surface area contributed by atoms with E-state index in [-0.39, 0.29) is 19.3 Å². The van der Waals surface area contributed by atoms with Gasteiger partial charge in [0.05, 0.1) is 13.2 Å². The van der Waals surface area contributed by atoms with E-state index in [0.29, 0.717) is 25.2 Å². The van der Waals surface area contributed by atoms with Crippen LogP contribution in [-0.2, 0) is 61.2 Å². The molecular formula is C79H149O24P. The van der Waals surface area contributed by atoms with Gasteiger partial charge in [-0.3, -0.25) is 23.4 Å². The highest BCUT2D eigenvalue weighted by molar-refractivity contribution is 7.47. The summed E-state index contributed by atoms with van der Waals surface area (Å²) in [6.45, 7) is 5.84. The van der Waals surface area contributed by atoms with E-state index in [4.69, 9.17) is 42.2 Å². The second-order valence-electron chi connectivity index (χ2n) is 30.5. The molecule has 25 heteroatoms. The van der Waals surface area contributed by atoms with Crippen LogP contribution < -0.4 is 0 Å². The second kappa shape index (κ2) is 59.7. The molecular weight excluding hydrogens is 1360 g/mol. The minimum Gasteiger partial charge on any atom is -0.463 e. The van der Waals surface area contributed by atoms with Crippen LogP contribution in [0.4, 0.5) is 0 Å². The molecule has 3 aliphatic rings. The fourth-order valence-corrected chi connectivity index (χ4v) is 15.1. The molecule has 0 spiro atoms. The summed E-state index contributed by atoms with van der Waals surface area (Å²) < 4.78 is 65.3. The SMILES string of the molecule is CCCCCCCCCCCCCCCCCCCC(=O)OCC(COP(=O)(O)OC1C(OC2OC(CO)C(O)C(O)C2O)C(O)C(O)C(O)C1OC1OC(COC(=O)CCCCCCCCC(C)CCCCCCCC)C(O)C(O)C1O)OC(=O)CCCCCCCCCCCCCCCCCC. The van der Waals surface area contributed by atoms with E-state index < -0.39 is 156 Å². The van der Waals surface area contributed by atoms with Crippen LogP contribution in [0.15, 0.2) is 0 Å². The Hall–Kier alpha value is -2.04. The summed E-state index contributed by atoms with van der Waals surface area (Å²) >= 11 is 0. The number of esters is 3. The molecule has 1 aliphatic carbocycles. The van der Waals surface area contributed by atoms with Crippen molar-refractivity contribution >= 4 is 25.7 Å². The zero-order valence-electron chi connectivity index (χ0n) is 64.7. The minimum absolute atomic E-state index is 0.0311. The van der Waals surface area contributed by atoms with Crippen molar-refractivity contribution in [3.8, 4) is 0 Å². The van der Waals surface area contributed by atoms with Crippen LogP contribution in [0.2, 0.25) is 0 Å². The normalized spacial score (nSPS) is 27.0. The second-order valence-corrected chi connectivity index (χ2v) is 31.9. The van der Waals surface area contributed by atoms with Gasteiger partial charge in [-0.05, 0) is 25.2 Å². The van der Waals surface area contributed by atoms with Crippen molar-refractivity contribution in [3.63, 3.8) is 0 Å². The predicted octanol–water partition coefficient (Wildman–Crippen LogP) is 13.2. The molecule has 3 fully saturated rings. The lowest BCUT2D eigenvalue weighted by Gasteiger charge is -2.49. The maximum atomic E-state index is 14.4. The molecule has 2 heterocycles. The zero-order chi connectivity index (χ0) is 76.2. The lowest BCUT2D eigenvalue weighted by molar-refractivity contribution is -0.360. The number of phosphoric ester groups is 1. The molecule has 1 saturated carbocycles. The van der Waals surface area contributed by atoms with Crippen molar-refractivity contribution in [2.24, 2.45) is 5.92 Å². The fraction of sp³-hybridized carbons (Fsp3) is 0.962. The van der Waals surface area contributed by atoms with E-state index in [1.807, 2.05) is 0 Å². The Morgan fingerprint density at radius 3 is 1.04 bits per heavy atom. The number of aliphatic hydroxyl groups excluding tert-OH is 10. The number of hydrogen-bond donors (Lipinski definition) is 11. The number of phosphoric acid groups is 1. The molecule has 0 amide bonds. The molecule has 2 aliphatic heterocycles. The van der Waals surface area contributed by atoms with Crippen molar-refractivity contribution < 1.29 is 117 Å². The number of ether oxygens (including phenoxy) is 7. The first kappa shape index (κ1) is 96.2. The summed E-state index contributed by atoms with van der Waals surface area (Å²) in [6.07, 6.45) is 18.5. The number of carbonyl (C=O) groups excluding carboxylic acids is 3. The molecule has 0 aromatic carbocycles. The molecule has 0 radical (unpaired) electrons. The first-order valence-corrected chi connectivity index (χ1v) is 43.2. The molecule has 3 rings (SSSR count). The van der Waals surface area contributed by atoms with Crippen molar-refractivity contribution in [1.29, 1.82) is 0 Å². The summed E-state index contributed by atoms with van der Waals surface area (Å²) in [5.41, 5.74) is 0. The van der Waals surface area contributed by atoms with Crippen molar-refractivity contribution in [1.82, 2.24) is 0 Å². The van der Waals surface area contributed by atoms with Gasteiger partial charge in [0, 0.05) is 19.3 Å². The van der Waals surface area contributed by atoms with Gasteiger partial charge >= 0.3 is 25.7 Å². The molecule has 104 heavy (non-hydrogen) atoms. The minimum atomic E-state index is -5.70. The Bertz CT molecular complexity index is 2150. The maximum absolute atomic E-state index is 14.4. The maximum Gasteiger partial charge on any atom is 0.472 e. The lowest BCUT2D eigenvalue weighted by atomic mass is 9.84. The summed E-state index contributed by atoms with van der Waals surface area (Å²) in [5, 5.41) is 110. The molecule has 0 aromatic rings. The topological polar surface area (TPSA) is 374 Å². The lowest BCUT2D eigenvalue weighted by Crippen LogP contribution is -2.69. The van der Waals surface area contributed by atoms with E-state index in [9.17, 15) is 74.9 Å². The van der Waals surface area contributed by atoms with Crippen molar-refractivity contribution in [3.05, 3.63) is 0 Å². The summed E-state index contributed by atoms with van der Waals surface area (Å²) in [5.74, 6) is -1.27. The van der Waals surface area contributed by atoms with Crippen LogP contribution in [0.1, 0.15) is 349 Å². The smallest absolute Gasteiger partial charge is 0.463 e. The highest BCUT2D eigenvalue weighted by atomic mass is 31.2. The molecule has 19 unspecified atom stereocenters. The standard InChI is InChI=1S/C79H149O24P/c1-5-8-11-14-17-19-21-23-25-27-29-30-32-34-36-42-47-52-63(81)95-56-60(98-65(83)54-49-44-37-35-33-31-28-26-24-22-20-18-15-12-9-6-2)57-97-104(93,94)103-77-75(101-78-73(91)68(86)66(84)61(55-80)99-78)71(89)70(88)72(90)76(77)102-79-74(92)69(87)67(85)62(100-79)58-96-64(82)53-48-43-39-38-41-46-51-59(4)50-45-40-16-13-10-7-3/h59-62,66-80,84-92H,5-58H2,1-4H3,(H,93,94). The summed E-state index contributed by atoms with van der Waals surface area (Å²) in [4.78, 5) is 51.3. The number of carbonyl (C=O) groups is 3. The highest BCUT2D eigenvalue weighted by Crippen LogP contribution is 2.49. The van der Waals surface area contributed by atoms with Crippen molar-refractivity contribution in [2.75, 3.05) is 26.4 Å². The van der Waals surface area contributed by atoms with Gasteiger partial charge in [-0.25, -0.2) is 4.57 Å². The third kappa shape index (κ3) is 41.8. The number of rotatable bonds is 66. The quantitative estimate of drug-likeness (QED) is 0.0117. The summed E-state index contributed by atoms with van der Waals surface area (Å²) in [6, 6.07) is 0. The van der Waals surface area contributed by atoms with Gasteiger partial charge < -0.3 is 89.1 Å². The Morgan fingerprint density at radius 1 is 0.365 bits per heavy atom. The van der Waals surface area contributed by atoms with Crippen molar-refractivity contribution in [2.45, 2.75) is 453 Å². The van der Waals surface area contributed by atoms with Gasteiger partial charge in [0.25, 0.3) is 0 Å². The van der Waals surface area contributed by atoms with E-state index >= 15 is 0 Å². The van der Waals surface area contributed by atoms with Crippen LogP contribution in [0.3, 0.4) is 0 Å². The summed E-state index contributed by atoms with van der Waals surface area (Å²) in [7, 11) is -5.70. The molecule has 2 saturated heterocycles. The third-order valence-corrected chi connectivity index (χ3v) is 22.0. The number of hydrogen-bond acceptors (Lipinski definition) is 23. The van der Waals surface area contributed by atoms with E-state index in [1.54, 1.807) is 0 Å². The molecule has 0 bridgehead atoms. The van der Waals surface area contributed by atoms with Crippen LogP contribution in [0, 0.1) is 5.92 Å². The van der Waals surface area contributed by atoms with E-state index in [2.05, 4.69) is 27.7 Å². The molecule has 19 atom stereocenters. The molecule has 614 valence electrons. The first-order chi connectivity index (χ1) is 50.2.